The van der Waals surface area contributed by atoms with Gasteiger partial charge in [0, 0.05) is 10.7 Å². The molecule has 0 radical (unpaired) electrons. The molecule has 7 nitrogen and oxygen atoms in total. The second-order valence-corrected chi connectivity index (χ2v) is 5.76. The maximum absolute atomic E-state index is 12.8. The largest absolute Gasteiger partial charge is 0.463 e. The van der Waals surface area contributed by atoms with Crippen LogP contribution in [0.5, 0.6) is 0 Å². The number of carbonyl (C=O) groups is 2. The molecule has 2 aromatic carbocycles. The summed E-state index contributed by atoms with van der Waals surface area (Å²) in [6.45, 7) is 0. The molecule has 0 saturated carbocycles. The Morgan fingerprint density at radius 1 is 1.11 bits per heavy atom. The molecule has 0 aliphatic rings. The molecule has 0 fully saturated rings. The topological polar surface area (TPSA) is 101 Å². The van der Waals surface area contributed by atoms with Crippen molar-refractivity contribution in [1.29, 1.82) is 0 Å². The van der Waals surface area contributed by atoms with Gasteiger partial charge in [-0.2, -0.15) is 5.10 Å². The van der Waals surface area contributed by atoms with Crippen LogP contribution in [0, 0.1) is 5.82 Å². The number of benzene rings is 2. The van der Waals surface area contributed by atoms with E-state index < -0.39 is 23.1 Å². The van der Waals surface area contributed by atoms with Crippen LogP contribution in [0.2, 0.25) is 5.02 Å². The quantitative estimate of drug-likeness (QED) is 0.410. The van der Waals surface area contributed by atoms with E-state index in [1.165, 1.54) is 24.5 Å². The standard InChI is InChI=1S/C18H11ClFN3O4/c19-11-1-6-15-14(7-11)16(24)10(9-27-15)8-21-23-18(26)17(25)22-13-4-2-12(20)3-5-13/h1-9H,(H,22,25)(H,23,26). The Kier molecular flexibility index (Phi) is 5.28. The second-order valence-electron chi connectivity index (χ2n) is 5.32. The van der Waals surface area contributed by atoms with Gasteiger partial charge in [0.1, 0.15) is 17.7 Å². The zero-order chi connectivity index (χ0) is 19.4. The molecule has 0 bridgehead atoms. The number of carbonyl (C=O) groups excluding carboxylic acids is 2. The van der Waals surface area contributed by atoms with Crippen molar-refractivity contribution in [2.24, 2.45) is 5.10 Å². The number of hydrogen-bond acceptors (Lipinski definition) is 5. The van der Waals surface area contributed by atoms with Gasteiger partial charge in [-0.15, -0.1) is 0 Å². The number of halogens is 2. The number of hydrazone groups is 1. The molecular formula is C18H11ClFN3O4. The molecule has 0 unspecified atom stereocenters. The smallest absolute Gasteiger partial charge is 0.329 e. The molecule has 3 rings (SSSR count). The summed E-state index contributed by atoms with van der Waals surface area (Å²) in [7, 11) is 0. The third-order valence-electron chi connectivity index (χ3n) is 3.44. The van der Waals surface area contributed by atoms with E-state index in [0.29, 0.717) is 10.6 Å². The lowest BCUT2D eigenvalue weighted by molar-refractivity contribution is -0.136. The molecule has 0 aliphatic heterocycles. The first-order chi connectivity index (χ1) is 12.9. The highest BCUT2D eigenvalue weighted by molar-refractivity contribution is 6.39. The van der Waals surface area contributed by atoms with Crippen LogP contribution in [0.4, 0.5) is 10.1 Å². The van der Waals surface area contributed by atoms with E-state index in [1.807, 2.05) is 5.43 Å². The molecule has 1 aromatic heterocycles. The average molecular weight is 388 g/mol. The molecule has 2 amide bonds. The number of fused-ring (bicyclic) bond motifs is 1. The van der Waals surface area contributed by atoms with Gasteiger partial charge in [0.05, 0.1) is 17.2 Å². The predicted molar refractivity (Wildman–Crippen MR) is 98.3 cm³/mol. The second kappa shape index (κ2) is 7.79. The summed E-state index contributed by atoms with van der Waals surface area (Å²) in [6, 6.07) is 9.47. The average Bonchev–Trinajstić information content (AvgIpc) is 2.65. The van der Waals surface area contributed by atoms with E-state index in [2.05, 4.69) is 10.4 Å². The van der Waals surface area contributed by atoms with Gasteiger partial charge >= 0.3 is 11.8 Å². The molecule has 2 N–H and O–H groups in total. The van der Waals surface area contributed by atoms with E-state index >= 15 is 0 Å². The fraction of sp³-hybridized carbons (Fsp3) is 0. The lowest BCUT2D eigenvalue weighted by Crippen LogP contribution is -2.32. The Balaban J connectivity index is 1.68. The van der Waals surface area contributed by atoms with E-state index in [1.54, 1.807) is 12.1 Å². The van der Waals surface area contributed by atoms with Crippen molar-refractivity contribution in [1.82, 2.24) is 5.43 Å². The van der Waals surface area contributed by atoms with Gasteiger partial charge in [0.25, 0.3) is 0 Å². The third-order valence-corrected chi connectivity index (χ3v) is 3.67. The molecule has 0 aliphatic carbocycles. The normalized spacial score (nSPS) is 10.9. The monoisotopic (exact) mass is 387 g/mol. The van der Waals surface area contributed by atoms with Crippen LogP contribution >= 0.6 is 11.6 Å². The van der Waals surface area contributed by atoms with Crippen molar-refractivity contribution in [3.63, 3.8) is 0 Å². The Morgan fingerprint density at radius 3 is 2.59 bits per heavy atom. The van der Waals surface area contributed by atoms with Crippen LogP contribution in [0.25, 0.3) is 11.0 Å². The molecule has 1 heterocycles. The Hall–Kier alpha value is -3.52. The van der Waals surface area contributed by atoms with Gasteiger partial charge in [-0.25, -0.2) is 9.82 Å². The van der Waals surface area contributed by atoms with Crippen molar-refractivity contribution in [3.05, 3.63) is 75.4 Å². The SMILES string of the molecule is O=C(NN=Cc1coc2ccc(Cl)cc2c1=O)C(=O)Nc1ccc(F)cc1. The van der Waals surface area contributed by atoms with E-state index in [4.69, 9.17) is 16.0 Å². The number of nitrogens with one attached hydrogen (secondary N) is 2. The van der Waals surface area contributed by atoms with Crippen molar-refractivity contribution in [2.75, 3.05) is 5.32 Å². The van der Waals surface area contributed by atoms with Gasteiger partial charge in [-0.3, -0.25) is 14.4 Å². The van der Waals surface area contributed by atoms with Crippen molar-refractivity contribution in [2.45, 2.75) is 0 Å². The van der Waals surface area contributed by atoms with Crippen LogP contribution in [-0.4, -0.2) is 18.0 Å². The summed E-state index contributed by atoms with van der Waals surface area (Å²) in [6.07, 6.45) is 2.22. The first-order valence-corrected chi connectivity index (χ1v) is 7.93. The highest BCUT2D eigenvalue weighted by atomic mass is 35.5. The van der Waals surface area contributed by atoms with Crippen molar-refractivity contribution >= 4 is 46.3 Å². The summed E-state index contributed by atoms with van der Waals surface area (Å²) in [5.74, 6) is -2.54. The minimum Gasteiger partial charge on any atom is -0.463 e. The first kappa shape index (κ1) is 18.3. The van der Waals surface area contributed by atoms with Crippen LogP contribution in [-0.2, 0) is 9.59 Å². The zero-order valence-corrected chi connectivity index (χ0v) is 14.3. The summed E-state index contributed by atoms with van der Waals surface area (Å²) < 4.78 is 18.1. The number of rotatable bonds is 3. The number of amides is 2. The number of hydrogen-bond donors (Lipinski definition) is 2. The summed E-state index contributed by atoms with van der Waals surface area (Å²) in [4.78, 5) is 35.8. The molecule has 27 heavy (non-hydrogen) atoms. The number of anilines is 1. The van der Waals surface area contributed by atoms with E-state index in [-0.39, 0.29) is 16.6 Å². The fourth-order valence-electron chi connectivity index (χ4n) is 2.14. The highest BCUT2D eigenvalue weighted by Gasteiger charge is 2.13. The maximum atomic E-state index is 12.8. The zero-order valence-electron chi connectivity index (χ0n) is 13.5. The minimum absolute atomic E-state index is 0.0593. The fourth-order valence-corrected chi connectivity index (χ4v) is 2.31. The third kappa shape index (κ3) is 4.36. The Labute approximate surface area is 156 Å². The van der Waals surface area contributed by atoms with Crippen molar-refractivity contribution < 1.29 is 18.4 Å². The van der Waals surface area contributed by atoms with Crippen LogP contribution in [0.1, 0.15) is 5.56 Å². The summed E-state index contributed by atoms with van der Waals surface area (Å²) in [5, 5.41) is 6.47. The molecule has 0 atom stereocenters. The van der Waals surface area contributed by atoms with Gasteiger partial charge in [-0.1, -0.05) is 11.6 Å². The van der Waals surface area contributed by atoms with Gasteiger partial charge in [0.15, 0.2) is 0 Å². The Morgan fingerprint density at radius 2 is 1.85 bits per heavy atom. The van der Waals surface area contributed by atoms with Crippen LogP contribution in [0.3, 0.4) is 0 Å². The molecule has 136 valence electrons. The van der Waals surface area contributed by atoms with Gasteiger partial charge < -0.3 is 9.73 Å². The molecule has 0 saturated heterocycles. The van der Waals surface area contributed by atoms with Gasteiger partial charge in [-0.05, 0) is 42.5 Å². The maximum Gasteiger partial charge on any atom is 0.329 e. The van der Waals surface area contributed by atoms with Crippen molar-refractivity contribution in [3.8, 4) is 0 Å². The minimum atomic E-state index is -1.07. The molecule has 0 spiro atoms. The first-order valence-electron chi connectivity index (χ1n) is 7.55. The molecule has 3 aromatic rings. The van der Waals surface area contributed by atoms with E-state index in [0.717, 1.165) is 18.3 Å². The molecule has 9 heteroatoms. The Bertz CT molecular complexity index is 1110. The predicted octanol–water partition coefficient (Wildman–Crippen LogP) is 2.67. The number of nitrogens with zero attached hydrogens (tertiary/aromatic N) is 1. The lowest BCUT2D eigenvalue weighted by atomic mass is 10.2. The summed E-state index contributed by atoms with van der Waals surface area (Å²) >= 11 is 5.86. The van der Waals surface area contributed by atoms with Crippen LogP contribution < -0.4 is 16.2 Å². The highest BCUT2D eigenvalue weighted by Crippen LogP contribution is 2.16. The summed E-state index contributed by atoms with van der Waals surface area (Å²) in [5.41, 5.74) is 2.24. The van der Waals surface area contributed by atoms with Crippen LogP contribution in [0.15, 0.2) is 63.0 Å². The molecular weight excluding hydrogens is 377 g/mol. The van der Waals surface area contributed by atoms with Gasteiger partial charge in [0.2, 0.25) is 5.43 Å². The van der Waals surface area contributed by atoms with E-state index in [9.17, 15) is 18.8 Å². The lowest BCUT2D eigenvalue weighted by Gasteiger charge is -2.03.